The van der Waals surface area contributed by atoms with Gasteiger partial charge in [0.2, 0.25) is 5.91 Å². The highest BCUT2D eigenvalue weighted by atomic mass is 16.4. The van der Waals surface area contributed by atoms with E-state index in [4.69, 9.17) is 5.73 Å². The number of nitrogens with two attached hydrogens (primary N) is 1. The maximum absolute atomic E-state index is 13.5. The zero-order valence-corrected chi connectivity index (χ0v) is 21.3. The third-order valence-electron chi connectivity index (χ3n) is 9.58. The standard InChI is InChI=1S/C26H46N4O4/c1-25(2)18-12-13-26(25,3)21(16-18)30-22(31)20(15-17-9-5-4-6-10-17)29-24(34)28-19(23(32)33)11-7-8-14-27/h17-21H,4-16,27H2,1-3H3,(H,30,31)(H,32,33)(H2,28,29,34)/t18?,19-,20?,21-,26-/m0/s1. The number of carboxylic acids is 1. The minimum absolute atomic E-state index is 0.0579. The average molecular weight is 479 g/mol. The minimum Gasteiger partial charge on any atom is -0.480 e. The Morgan fingerprint density at radius 1 is 1.00 bits per heavy atom. The van der Waals surface area contributed by atoms with Crippen molar-refractivity contribution in [2.75, 3.05) is 6.54 Å². The second kappa shape index (κ2) is 11.3. The molecule has 0 saturated heterocycles. The normalized spacial score (nSPS) is 29.9. The number of carbonyl (C=O) groups excluding carboxylic acids is 2. The molecule has 0 aromatic heterocycles. The Kier molecular flexibility index (Phi) is 8.87. The maximum Gasteiger partial charge on any atom is 0.326 e. The number of rotatable bonds is 11. The fraction of sp³-hybridized carbons (Fsp3) is 0.885. The second-order valence-electron chi connectivity index (χ2n) is 11.8. The third kappa shape index (κ3) is 5.86. The van der Waals surface area contributed by atoms with Crippen molar-refractivity contribution < 1.29 is 19.5 Å². The lowest BCUT2D eigenvalue weighted by atomic mass is 9.69. The molecule has 3 fully saturated rings. The van der Waals surface area contributed by atoms with Gasteiger partial charge in [-0.15, -0.1) is 0 Å². The number of urea groups is 1. The Bertz CT molecular complexity index is 736. The van der Waals surface area contributed by atoms with Crippen LogP contribution in [0.3, 0.4) is 0 Å². The van der Waals surface area contributed by atoms with Gasteiger partial charge in [-0.3, -0.25) is 4.79 Å². The van der Waals surface area contributed by atoms with Crippen LogP contribution in [-0.2, 0) is 9.59 Å². The number of carbonyl (C=O) groups is 3. The molecule has 3 rings (SSSR count). The van der Waals surface area contributed by atoms with Gasteiger partial charge in [0.25, 0.3) is 0 Å². The van der Waals surface area contributed by atoms with Gasteiger partial charge in [0.15, 0.2) is 0 Å². The summed E-state index contributed by atoms with van der Waals surface area (Å²) in [5.41, 5.74) is 5.75. The Morgan fingerprint density at radius 2 is 1.68 bits per heavy atom. The van der Waals surface area contributed by atoms with E-state index in [1.807, 2.05) is 0 Å². The minimum atomic E-state index is -1.07. The summed E-state index contributed by atoms with van der Waals surface area (Å²) < 4.78 is 0. The van der Waals surface area contributed by atoms with Crippen molar-refractivity contribution >= 4 is 17.9 Å². The molecule has 8 nitrogen and oxygen atoms in total. The lowest BCUT2D eigenvalue weighted by Crippen LogP contribution is -2.57. The molecule has 0 aromatic carbocycles. The van der Waals surface area contributed by atoms with E-state index < -0.39 is 24.1 Å². The fourth-order valence-corrected chi connectivity index (χ4v) is 6.79. The maximum atomic E-state index is 13.5. The molecule has 6 N–H and O–H groups in total. The number of carboxylic acid groups (broad SMARTS) is 1. The zero-order chi connectivity index (χ0) is 24.9. The molecule has 3 saturated carbocycles. The van der Waals surface area contributed by atoms with Crippen LogP contribution < -0.4 is 21.7 Å². The molecular formula is C26H46N4O4. The van der Waals surface area contributed by atoms with E-state index in [1.165, 1.54) is 12.8 Å². The molecule has 194 valence electrons. The smallest absolute Gasteiger partial charge is 0.326 e. The number of amides is 3. The first-order valence-corrected chi connectivity index (χ1v) is 13.4. The molecule has 3 aliphatic carbocycles. The van der Waals surface area contributed by atoms with Crippen LogP contribution in [0.2, 0.25) is 0 Å². The molecule has 34 heavy (non-hydrogen) atoms. The van der Waals surface area contributed by atoms with E-state index in [0.717, 1.165) is 38.5 Å². The number of hydrogen-bond acceptors (Lipinski definition) is 4. The largest absolute Gasteiger partial charge is 0.480 e. The van der Waals surface area contributed by atoms with Crippen LogP contribution in [0.5, 0.6) is 0 Å². The highest BCUT2D eigenvalue weighted by Crippen LogP contribution is 2.65. The van der Waals surface area contributed by atoms with Gasteiger partial charge in [-0.2, -0.15) is 0 Å². The lowest BCUT2D eigenvalue weighted by molar-refractivity contribution is -0.139. The summed E-state index contributed by atoms with van der Waals surface area (Å²) in [6.07, 6.45) is 11.2. The Hall–Kier alpha value is -1.83. The van der Waals surface area contributed by atoms with E-state index in [9.17, 15) is 19.5 Å². The van der Waals surface area contributed by atoms with Crippen LogP contribution in [0.1, 0.15) is 97.8 Å². The van der Waals surface area contributed by atoms with Crippen LogP contribution in [0.4, 0.5) is 4.79 Å². The van der Waals surface area contributed by atoms with E-state index in [2.05, 4.69) is 36.7 Å². The van der Waals surface area contributed by atoms with Crippen molar-refractivity contribution in [3.63, 3.8) is 0 Å². The Labute approximate surface area is 204 Å². The predicted octanol–water partition coefficient (Wildman–Crippen LogP) is 3.54. The first kappa shape index (κ1) is 26.8. The van der Waals surface area contributed by atoms with Gasteiger partial charge >= 0.3 is 12.0 Å². The predicted molar refractivity (Wildman–Crippen MR) is 132 cm³/mol. The highest BCUT2D eigenvalue weighted by Gasteiger charge is 2.61. The van der Waals surface area contributed by atoms with Crippen molar-refractivity contribution in [2.45, 2.75) is 116 Å². The monoisotopic (exact) mass is 478 g/mol. The highest BCUT2D eigenvalue weighted by molar-refractivity contribution is 5.89. The van der Waals surface area contributed by atoms with Gasteiger partial charge < -0.3 is 26.8 Å². The molecule has 5 atom stereocenters. The topological polar surface area (TPSA) is 134 Å². The van der Waals surface area contributed by atoms with E-state index >= 15 is 0 Å². The summed E-state index contributed by atoms with van der Waals surface area (Å²) in [6.45, 7) is 7.41. The summed E-state index contributed by atoms with van der Waals surface area (Å²) in [7, 11) is 0. The van der Waals surface area contributed by atoms with Crippen molar-refractivity contribution in [3.05, 3.63) is 0 Å². The van der Waals surface area contributed by atoms with Crippen molar-refractivity contribution in [1.82, 2.24) is 16.0 Å². The van der Waals surface area contributed by atoms with Gasteiger partial charge in [-0.1, -0.05) is 52.9 Å². The van der Waals surface area contributed by atoms with Crippen LogP contribution in [0.25, 0.3) is 0 Å². The van der Waals surface area contributed by atoms with Gasteiger partial charge in [0, 0.05) is 6.04 Å². The summed E-state index contributed by atoms with van der Waals surface area (Å²) >= 11 is 0. The quantitative estimate of drug-likeness (QED) is 0.290. The summed E-state index contributed by atoms with van der Waals surface area (Å²) in [5.74, 6) is -0.194. The molecule has 2 unspecified atom stereocenters. The van der Waals surface area contributed by atoms with E-state index in [0.29, 0.717) is 44.1 Å². The van der Waals surface area contributed by atoms with Crippen LogP contribution in [0, 0.1) is 22.7 Å². The van der Waals surface area contributed by atoms with Crippen LogP contribution in [-0.4, -0.2) is 47.7 Å². The van der Waals surface area contributed by atoms with Crippen molar-refractivity contribution in [1.29, 1.82) is 0 Å². The Balaban J connectivity index is 1.65. The summed E-state index contributed by atoms with van der Waals surface area (Å²) in [6, 6.07) is -2.13. The first-order valence-electron chi connectivity index (χ1n) is 13.4. The molecule has 0 radical (unpaired) electrons. The third-order valence-corrected chi connectivity index (χ3v) is 9.58. The lowest BCUT2D eigenvalue weighted by Gasteiger charge is -2.40. The molecule has 8 heteroatoms. The molecular weight excluding hydrogens is 432 g/mol. The molecule has 0 spiro atoms. The number of fused-ring (bicyclic) bond motifs is 2. The molecule has 3 aliphatic rings. The SMILES string of the molecule is CC1(C)C2CC[C@@]1(C)[C@@H](NC(=O)C(CC1CCCCC1)NC(=O)N[C@@H](CCCCN)C(=O)O)C2. The van der Waals surface area contributed by atoms with E-state index in [1.54, 1.807) is 0 Å². The van der Waals surface area contributed by atoms with Gasteiger partial charge in [0.1, 0.15) is 12.1 Å². The molecule has 0 heterocycles. The van der Waals surface area contributed by atoms with E-state index in [-0.39, 0.29) is 22.8 Å². The molecule has 0 aromatic rings. The summed E-state index contributed by atoms with van der Waals surface area (Å²) in [4.78, 5) is 37.9. The number of hydrogen-bond donors (Lipinski definition) is 5. The van der Waals surface area contributed by atoms with Crippen LogP contribution in [0.15, 0.2) is 0 Å². The van der Waals surface area contributed by atoms with Crippen molar-refractivity contribution in [3.8, 4) is 0 Å². The van der Waals surface area contributed by atoms with Crippen LogP contribution >= 0.6 is 0 Å². The summed E-state index contributed by atoms with van der Waals surface area (Å²) in [5, 5.41) is 18.2. The first-order chi connectivity index (χ1) is 16.1. The zero-order valence-electron chi connectivity index (χ0n) is 21.3. The molecule has 0 aliphatic heterocycles. The van der Waals surface area contributed by atoms with Gasteiger partial charge in [-0.25, -0.2) is 9.59 Å². The number of unbranched alkanes of at least 4 members (excludes halogenated alkanes) is 1. The van der Waals surface area contributed by atoms with Gasteiger partial charge in [-0.05, 0) is 74.2 Å². The van der Waals surface area contributed by atoms with Gasteiger partial charge in [0.05, 0.1) is 0 Å². The fourth-order valence-electron chi connectivity index (χ4n) is 6.79. The van der Waals surface area contributed by atoms with Crippen molar-refractivity contribution in [2.24, 2.45) is 28.4 Å². The number of nitrogens with one attached hydrogen (secondary N) is 3. The second-order valence-corrected chi connectivity index (χ2v) is 11.8. The molecule has 2 bridgehead atoms. The number of aliphatic carboxylic acids is 1. The average Bonchev–Trinajstić information content (AvgIpc) is 3.12. The molecule has 3 amide bonds. The Morgan fingerprint density at radius 3 is 2.24 bits per heavy atom.